The number of amides is 1. The third-order valence-electron chi connectivity index (χ3n) is 3.97. The number of hydrogen-bond donors (Lipinski definition) is 2. The van der Waals surface area contributed by atoms with E-state index in [1.165, 1.54) is 5.56 Å². The third-order valence-corrected chi connectivity index (χ3v) is 3.97. The Morgan fingerprint density at radius 2 is 1.84 bits per heavy atom. The van der Waals surface area contributed by atoms with Crippen LogP contribution in [0.15, 0.2) is 30.3 Å². The maximum atomic E-state index is 11.7. The zero-order valence-electron chi connectivity index (χ0n) is 12.1. The fourth-order valence-electron chi connectivity index (χ4n) is 2.42. The van der Waals surface area contributed by atoms with E-state index in [2.05, 4.69) is 43.4 Å². The van der Waals surface area contributed by atoms with Crippen molar-refractivity contribution in [1.82, 2.24) is 5.32 Å². The molecule has 19 heavy (non-hydrogen) atoms. The molecule has 0 bridgehead atoms. The number of carbonyl (C=O) groups excluding carboxylic acids is 1. The molecule has 0 spiro atoms. The van der Waals surface area contributed by atoms with Crippen LogP contribution in [-0.4, -0.2) is 19.0 Å². The normalized spacial score (nSPS) is 11.3. The van der Waals surface area contributed by atoms with E-state index in [4.69, 9.17) is 5.73 Å². The topological polar surface area (TPSA) is 55.1 Å². The van der Waals surface area contributed by atoms with Gasteiger partial charge in [-0.3, -0.25) is 4.79 Å². The van der Waals surface area contributed by atoms with E-state index in [0.29, 0.717) is 19.5 Å². The van der Waals surface area contributed by atoms with Crippen molar-refractivity contribution >= 4 is 5.91 Å². The number of benzene rings is 1. The molecule has 0 aliphatic heterocycles. The second-order valence-electron chi connectivity index (χ2n) is 5.02. The highest BCUT2D eigenvalue weighted by molar-refractivity contribution is 5.76. The zero-order chi connectivity index (χ0) is 14.1. The van der Waals surface area contributed by atoms with E-state index < -0.39 is 0 Å². The summed E-state index contributed by atoms with van der Waals surface area (Å²) in [7, 11) is 0. The summed E-state index contributed by atoms with van der Waals surface area (Å²) in [6.45, 7) is 5.64. The third kappa shape index (κ3) is 4.35. The lowest BCUT2D eigenvalue weighted by Crippen LogP contribution is -2.40. The van der Waals surface area contributed by atoms with Crippen molar-refractivity contribution in [1.29, 1.82) is 0 Å². The molecule has 1 amide bonds. The molecular weight excluding hydrogens is 236 g/mol. The van der Waals surface area contributed by atoms with E-state index in [-0.39, 0.29) is 11.3 Å². The molecule has 1 rings (SSSR count). The van der Waals surface area contributed by atoms with Crippen LogP contribution in [0.3, 0.4) is 0 Å². The molecule has 3 heteroatoms. The lowest BCUT2D eigenvalue weighted by molar-refractivity contribution is -0.121. The van der Waals surface area contributed by atoms with E-state index in [9.17, 15) is 4.79 Å². The summed E-state index contributed by atoms with van der Waals surface area (Å²) in [5.41, 5.74) is 6.77. The van der Waals surface area contributed by atoms with Gasteiger partial charge >= 0.3 is 0 Å². The molecule has 3 nitrogen and oxygen atoms in total. The predicted octanol–water partition coefficient (Wildman–Crippen LogP) is 2.60. The van der Waals surface area contributed by atoms with Crippen molar-refractivity contribution in [3.05, 3.63) is 35.9 Å². The molecule has 0 heterocycles. The fourth-order valence-corrected chi connectivity index (χ4v) is 2.42. The lowest BCUT2D eigenvalue weighted by atomic mass is 9.76. The maximum absolute atomic E-state index is 11.7. The smallest absolute Gasteiger partial charge is 0.220 e. The minimum atomic E-state index is 0.0413. The molecule has 3 N–H and O–H groups in total. The number of rotatable bonds is 8. The molecule has 0 aliphatic rings. The van der Waals surface area contributed by atoms with Crippen LogP contribution in [0.5, 0.6) is 0 Å². The first kappa shape index (κ1) is 15.7. The number of hydrogen-bond acceptors (Lipinski definition) is 2. The van der Waals surface area contributed by atoms with Gasteiger partial charge in [-0.1, -0.05) is 44.2 Å². The summed E-state index contributed by atoms with van der Waals surface area (Å²) in [5, 5.41) is 3.06. The van der Waals surface area contributed by atoms with Gasteiger partial charge in [0, 0.05) is 18.4 Å². The van der Waals surface area contributed by atoms with Gasteiger partial charge in [-0.05, 0) is 31.4 Å². The van der Waals surface area contributed by atoms with Crippen LogP contribution in [0, 0.1) is 0 Å². The molecule has 0 aliphatic carbocycles. The van der Waals surface area contributed by atoms with Crippen LogP contribution in [0.25, 0.3) is 0 Å². The lowest BCUT2D eigenvalue weighted by Gasteiger charge is -2.32. The second kappa shape index (κ2) is 7.95. The minimum Gasteiger partial charge on any atom is -0.355 e. The maximum Gasteiger partial charge on any atom is 0.220 e. The van der Waals surface area contributed by atoms with Gasteiger partial charge in [0.05, 0.1) is 0 Å². The van der Waals surface area contributed by atoms with Crippen molar-refractivity contribution in [3.8, 4) is 0 Å². The van der Waals surface area contributed by atoms with Crippen LogP contribution < -0.4 is 11.1 Å². The van der Waals surface area contributed by atoms with E-state index >= 15 is 0 Å². The molecule has 0 atom stereocenters. The quantitative estimate of drug-likeness (QED) is 0.756. The van der Waals surface area contributed by atoms with Gasteiger partial charge in [0.25, 0.3) is 0 Å². The first-order valence-corrected chi connectivity index (χ1v) is 7.21. The molecule has 1 aromatic carbocycles. The molecule has 0 radical (unpaired) electrons. The average Bonchev–Trinajstić information content (AvgIpc) is 2.48. The first-order valence-electron chi connectivity index (χ1n) is 7.21. The second-order valence-corrected chi connectivity index (χ2v) is 5.02. The molecule has 1 aromatic rings. The Morgan fingerprint density at radius 1 is 1.21 bits per heavy atom. The van der Waals surface area contributed by atoms with Crippen LogP contribution in [0.2, 0.25) is 0 Å². The van der Waals surface area contributed by atoms with Crippen LogP contribution in [0.1, 0.15) is 45.1 Å². The molecule has 0 aromatic heterocycles. The number of carbonyl (C=O) groups is 1. The van der Waals surface area contributed by atoms with Gasteiger partial charge in [0.2, 0.25) is 5.91 Å². The summed E-state index contributed by atoms with van der Waals surface area (Å²) >= 11 is 0. The van der Waals surface area contributed by atoms with Crippen LogP contribution in [-0.2, 0) is 10.2 Å². The highest BCUT2D eigenvalue weighted by atomic mass is 16.1. The Morgan fingerprint density at radius 3 is 2.37 bits per heavy atom. The van der Waals surface area contributed by atoms with Crippen molar-refractivity contribution in [2.75, 3.05) is 13.1 Å². The van der Waals surface area contributed by atoms with Gasteiger partial charge in [0.1, 0.15) is 0 Å². The van der Waals surface area contributed by atoms with Crippen molar-refractivity contribution < 1.29 is 4.79 Å². The Labute approximate surface area is 116 Å². The Balaban J connectivity index is 2.70. The Hall–Kier alpha value is -1.35. The molecule has 0 unspecified atom stereocenters. The van der Waals surface area contributed by atoms with Crippen molar-refractivity contribution in [3.63, 3.8) is 0 Å². The summed E-state index contributed by atoms with van der Waals surface area (Å²) in [5.74, 6) is 0.104. The first-order chi connectivity index (χ1) is 9.18. The van der Waals surface area contributed by atoms with Gasteiger partial charge in [-0.15, -0.1) is 0 Å². The summed E-state index contributed by atoms with van der Waals surface area (Å²) < 4.78 is 0. The summed E-state index contributed by atoms with van der Waals surface area (Å²) in [4.78, 5) is 11.7. The predicted molar refractivity (Wildman–Crippen MR) is 80.0 cm³/mol. The van der Waals surface area contributed by atoms with E-state index in [1.54, 1.807) is 0 Å². The van der Waals surface area contributed by atoms with Gasteiger partial charge < -0.3 is 11.1 Å². The number of nitrogens with two attached hydrogens (primary N) is 1. The number of nitrogens with one attached hydrogen (secondary N) is 1. The highest BCUT2D eigenvalue weighted by Crippen LogP contribution is 2.30. The average molecular weight is 262 g/mol. The molecule has 0 fully saturated rings. The zero-order valence-corrected chi connectivity index (χ0v) is 12.1. The summed E-state index contributed by atoms with van der Waals surface area (Å²) in [6.07, 6.45) is 3.31. The Bertz CT molecular complexity index is 372. The molecular formula is C16H26N2O. The van der Waals surface area contributed by atoms with Crippen molar-refractivity contribution in [2.24, 2.45) is 5.73 Å². The standard InChI is InChI=1S/C16H26N2O/c1-3-16(4-2,14-9-6-5-7-10-14)13-18-15(19)11-8-12-17/h5-7,9-10H,3-4,8,11-13,17H2,1-2H3,(H,18,19). The summed E-state index contributed by atoms with van der Waals surface area (Å²) in [6, 6.07) is 10.5. The largest absolute Gasteiger partial charge is 0.355 e. The molecule has 106 valence electrons. The monoisotopic (exact) mass is 262 g/mol. The highest BCUT2D eigenvalue weighted by Gasteiger charge is 2.28. The Kier molecular flexibility index (Phi) is 6.57. The van der Waals surface area contributed by atoms with Crippen molar-refractivity contribution in [2.45, 2.75) is 44.9 Å². The minimum absolute atomic E-state index is 0.0413. The molecule has 0 saturated carbocycles. The fraction of sp³-hybridized carbons (Fsp3) is 0.562. The van der Waals surface area contributed by atoms with E-state index in [1.807, 2.05) is 6.07 Å². The van der Waals surface area contributed by atoms with Crippen LogP contribution >= 0.6 is 0 Å². The van der Waals surface area contributed by atoms with Crippen LogP contribution in [0.4, 0.5) is 0 Å². The van der Waals surface area contributed by atoms with Gasteiger partial charge in [0.15, 0.2) is 0 Å². The molecule has 0 saturated heterocycles. The van der Waals surface area contributed by atoms with Gasteiger partial charge in [-0.25, -0.2) is 0 Å². The van der Waals surface area contributed by atoms with E-state index in [0.717, 1.165) is 19.3 Å². The van der Waals surface area contributed by atoms with Gasteiger partial charge in [-0.2, -0.15) is 0 Å². The SMILES string of the molecule is CCC(CC)(CNC(=O)CCCN)c1ccccc1.